The lowest BCUT2D eigenvalue weighted by atomic mass is 10.0. The van der Waals surface area contributed by atoms with Gasteiger partial charge in [-0.1, -0.05) is 6.92 Å². The summed E-state index contributed by atoms with van der Waals surface area (Å²) in [5.41, 5.74) is 4.16. The lowest BCUT2D eigenvalue weighted by Gasteiger charge is -2.15. The molecule has 0 saturated carbocycles. The first-order valence-corrected chi connectivity index (χ1v) is 12.5. The zero-order chi connectivity index (χ0) is 21.8. The van der Waals surface area contributed by atoms with Crippen LogP contribution in [0.5, 0.6) is 0 Å². The molecule has 30 heavy (non-hydrogen) atoms. The molecule has 0 radical (unpaired) electrons. The second-order valence-electron chi connectivity index (χ2n) is 8.60. The van der Waals surface area contributed by atoms with E-state index in [1.54, 1.807) is 20.8 Å². The van der Waals surface area contributed by atoms with E-state index < -0.39 is 21.5 Å². The number of fused-ring (bicyclic) bond motifs is 2. The summed E-state index contributed by atoms with van der Waals surface area (Å²) >= 11 is 1.08. The Kier molecular flexibility index (Phi) is 5.24. The Morgan fingerprint density at radius 1 is 1.30 bits per heavy atom. The van der Waals surface area contributed by atoms with Gasteiger partial charge in [-0.25, -0.2) is 19.1 Å². The third kappa shape index (κ3) is 3.77. The molecule has 2 aromatic rings. The van der Waals surface area contributed by atoms with Gasteiger partial charge < -0.3 is 10.4 Å². The van der Waals surface area contributed by atoms with Crippen molar-refractivity contribution in [3.63, 3.8) is 0 Å². The van der Waals surface area contributed by atoms with Crippen LogP contribution in [0.1, 0.15) is 72.6 Å². The molecule has 4 N–H and O–H groups in total. The number of nitrogens with two attached hydrogens (primary N) is 1. The minimum atomic E-state index is -3.54. The summed E-state index contributed by atoms with van der Waals surface area (Å²) < 4.78 is 16.8. The molecule has 0 aromatic carbocycles. The number of thiazole rings is 1. The molecule has 2 amide bonds. The molecule has 0 saturated heterocycles. The van der Waals surface area contributed by atoms with E-state index in [-0.39, 0.29) is 4.34 Å². The van der Waals surface area contributed by atoms with E-state index in [2.05, 4.69) is 21.6 Å². The van der Waals surface area contributed by atoms with Crippen molar-refractivity contribution in [3.8, 4) is 0 Å². The maximum absolute atomic E-state index is 13.0. The summed E-state index contributed by atoms with van der Waals surface area (Å²) in [5, 5.41) is 19.0. The largest absolute Gasteiger partial charge is 0.384 e. The van der Waals surface area contributed by atoms with Crippen LogP contribution in [-0.4, -0.2) is 25.3 Å². The van der Waals surface area contributed by atoms with E-state index in [0.29, 0.717) is 16.5 Å². The molecule has 0 unspecified atom stereocenters. The first-order valence-electron chi connectivity index (χ1n) is 10.1. The molecule has 2 heterocycles. The monoisotopic (exact) mass is 449 g/mol. The van der Waals surface area contributed by atoms with E-state index in [9.17, 15) is 14.1 Å². The Hall–Kier alpha value is -1.88. The van der Waals surface area contributed by atoms with Crippen molar-refractivity contribution in [3.05, 3.63) is 33.1 Å². The molecule has 0 spiro atoms. The van der Waals surface area contributed by atoms with E-state index in [4.69, 9.17) is 10.1 Å². The number of aryl methyl sites for hydroxylation is 2. The van der Waals surface area contributed by atoms with E-state index >= 15 is 0 Å². The number of urea groups is 1. The third-order valence-electron chi connectivity index (χ3n) is 5.71. The van der Waals surface area contributed by atoms with Gasteiger partial charge in [0.25, 0.3) is 0 Å². The molecule has 162 valence electrons. The van der Waals surface area contributed by atoms with Crippen LogP contribution in [-0.2, 0) is 34.8 Å². The summed E-state index contributed by atoms with van der Waals surface area (Å²) in [7, 11) is -3.54. The summed E-state index contributed by atoms with van der Waals surface area (Å²) in [5.74, 6) is 0.357. The van der Waals surface area contributed by atoms with E-state index in [1.165, 1.54) is 0 Å². The van der Waals surface area contributed by atoms with Gasteiger partial charge in [0.2, 0.25) is 4.34 Å². The average Bonchev–Trinajstić information content (AvgIpc) is 3.33. The van der Waals surface area contributed by atoms with Gasteiger partial charge in [0.15, 0.2) is 9.92 Å². The highest BCUT2D eigenvalue weighted by Crippen LogP contribution is 2.41. The van der Waals surface area contributed by atoms with Gasteiger partial charge in [0.1, 0.15) is 5.60 Å². The number of carbonyl (C=O) groups is 1. The highest BCUT2D eigenvalue weighted by Gasteiger charge is 2.30. The fourth-order valence-electron chi connectivity index (χ4n) is 4.31. The van der Waals surface area contributed by atoms with Gasteiger partial charge in [-0.05, 0) is 69.9 Å². The Bertz CT molecular complexity index is 1160. The van der Waals surface area contributed by atoms with Crippen LogP contribution in [0.15, 0.2) is 8.70 Å². The van der Waals surface area contributed by atoms with Crippen molar-refractivity contribution in [1.82, 2.24) is 9.97 Å². The van der Waals surface area contributed by atoms with Gasteiger partial charge in [-0.15, -0.1) is 15.7 Å². The first kappa shape index (κ1) is 21.4. The first-order chi connectivity index (χ1) is 14.0. The van der Waals surface area contributed by atoms with Crippen LogP contribution in [0.3, 0.4) is 0 Å². The summed E-state index contributed by atoms with van der Waals surface area (Å²) in [6, 6.07) is -0.748. The minimum Gasteiger partial charge on any atom is -0.384 e. The highest BCUT2D eigenvalue weighted by atomic mass is 32.2. The molecule has 0 bridgehead atoms. The van der Waals surface area contributed by atoms with E-state index in [0.717, 1.165) is 71.6 Å². The number of nitrogens with zero attached hydrogens (tertiary/aromatic N) is 3. The van der Waals surface area contributed by atoms with Crippen LogP contribution in [0.25, 0.3) is 0 Å². The number of amides is 2. The van der Waals surface area contributed by atoms with E-state index in [1.807, 2.05) is 0 Å². The normalized spacial score (nSPS) is 19.9. The van der Waals surface area contributed by atoms with Gasteiger partial charge in [0, 0.05) is 16.3 Å². The maximum Gasteiger partial charge on any atom is 0.354 e. The molecule has 8 nitrogen and oxygen atoms in total. The summed E-state index contributed by atoms with van der Waals surface area (Å²) in [6.07, 6.45) is 4.62. The van der Waals surface area contributed by atoms with Crippen molar-refractivity contribution in [2.24, 2.45) is 9.50 Å². The quantitative estimate of drug-likeness (QED) is 0.659. The minimum absolute atomic E-state index is 0.0334. The van der Waals surface area contributed by atoms with Gasteiger partial charge in [-0.3, -0.25) is 4.98 Å². The molecule has 2 aromatic heterocycles. The molecule has 2 aliphatic rings. The molecule has 0 fully saturated rings. The second kappa shape index (κ2) is 7.37. The lowest BCUT2D eigenvalue weighted by Crippen LogP contribution is -2.20. The standard InChI is InChI=1S/C20H27N5O3S2/c1-10-8-9-13-15(10)22-14-7-5-6-12(14)16(13)23-18(26)25-30(21,28)19-24-17(11(2)29-19)20(3,4)27/h10,27H,5-9H2,1-4H3,(H3,21,22,23,25,26,28)/t10-,30+/m1/s1. The number of pyridine rings is 1. The van der Waals surface area contributed by atoms with Crippen molar-refractivity contribution in [2.75, 3.05) is 5.32 Å². The zero-order valence-electron chi connectivity index (χ0n) is 17.6. The fourth-order valence-corrected chi connectivity index (χ4v) is 6.66. The molecule has 0 aliphatic heterocycles. The SMILES string of the molecule is Cc1sc([S@@](N)(=O)=NC(=O)Nc2c3c(nc4c2CC[C@H]4C)CCC3)nc1C(C)(C)O. The van der Waals surface area contributed by atoms with Crippen LogP contribution < -0.4 is 10.5 Å². The maximum atomic E-state index is 13.0. The average molecular weight is 450 g/mol. The number of aromatic nitrogens is 2. The van der Waals surface area contributed by atoms with Crippen molar-refractivity contribution in [2.45, 2.75) is 75.7 Å². The smallest absolute Gasteiger partial charge is 0.354 e. The molecular weight excluding hydrogens is 422 g/mol. The van der Waals surface area contributed by atoms with Crippen molar-refractivity contribution < 1.29 is 14.1 Å². The van der Waals surface area contributed by atoms with Crippen LogP contribution in [0.4, 0.5) is 10.5 Å². The number of rotatable bonds is 3. The Morgan fingerprint density at radius 3 is 2.70 bits per heavy atom. The predicted molar refractivity (Wildman–Crippen MR) is 117 cm³/mol. The molecule has 2 atom stereocenters. The van der Waals surface area contributed by atoms with Gasteiger partial charge in [0.05, 0.1) is 11.4 Å². The van der Waals surface area contributed by atoms with Crippen molar-refractivity contribution in [1.29, 1.82) is 0 Å². The van der Waals surface area contributed by atoms with Gasteiger partial charge in [-0.2, -0.15) is 0 Å². The number of carbonyl (C=O) groups excluding carboxylic acids is 1. The zero-order valence-corrected chi connectivity index (χ0v) is 19.2. The number of hydrogen-bond donors (Lipinski definition) is 3. The number of nitrogens with one attached hydrogen (secondary N) is 1. The van der Waals surface area contributed by atoms with Crippen molar-refractivity contribution >= 4 is 33.0 Å². The Morgan fingerprint density at radius 2 is 2.03 bits per heavy atom. The predicted octanol–water partition coefficient (Wildman–Crippen LogP) is 3.55. The summed E-state index contributed by atoms with van der Waals surface area (Å²) in [4.78, 5) is 22.5. The van der Waals surface area contributed by atoms with Crippen LogP contribution >= 0.6 is 11.3 Å². The van der Waals surface area contributed by atoms with Crippen LogP contribution in [0.2, 0.25) is 0 Å². The second-order valence-corrected chi connectivity index (χ2v) is 11.8. The Labute approximate surface area is 180 Å². The fraction of sp³-hybridized carbons (Fsp3) is 0.550. The molecule has 2 aliphatic carbocycles. The van der Waals surface area contributed by atoms with Gasteiger partial charge >= 0.3 is 6.03 Å². The molecule has 4 rings (SSSR count). The number of anilines is 1. The topological polar surface area (TPSA) is 131 Å². The lowest BCUT2D eigenvalue weighted by molar-refractivity contribution is 0.0734. The Balaban J connectivity index is 1.68. The van der Waals surface area contributed by atoms with Crippen LogP contribution in [0, 0.1) is 6.92 Å². The molecule has 10 heteroatoms. The summed E-state index contributed by atoms with van der Waals surface area (Å²) in [6.45, 7) is 7.09. The highest BCUT2D eigenvalue weighted by molar-refractivity contribution is 7.93. The number of hydrogen-bond acceptors (Lipinski definition) is 6. The third-order valence-corrected chi connectivity index (χ3v) is 8.47. The molecular formula is C20H27N5O3S2. The number of aliphatic hydroxyl groups is 1.